The van der Waals surface area contributed by atoms with Gasteiger partial charge < -0.3 is 44.9 Å². The molecule has 2 N–H and O–H groups in total. The molecule has 0 atom stereocenters. The quantitative estimate of drug-likeness (QED) is 0.0677. The SMILES string of the molecule is CC(C)Oc1ccc(C=Cc2cc[n+](CCCC(=O)NCCSSCCNC(=O)CCC[n+]3ccc(C=Cc4ccc(OC(C)C)cc4)cc3)cc2)cc1.[Cl-].[Cl-]. The Hall–Kier alpha value is -3.96. The van der Waals surface area contributed by atoms with E-state index in [9.17, 15) is 9.59 Å². The first kappa shape index (κ1) is 48.2. The van der Waals surface area contributed by atoms with Crippen molar-refractivity contribution in [3.63, 3.8) is 0 Å². The van der Waals surface area contributed by atoms with Crippen LogP contribution in [0.1, 0.15) is 75.6 Å². The number of aromatic nitrogens is 2. The van der Waals surface area contributed by atoms with Gasteiger partial charge in [-0.1, -0.05) is 70.2 Å². The van der Waals surface area contributed by atoms with Crippen molar-refractivity contribution >= 4 is 57.7 Å². The Balaban J connectivity index is 0.00000541. The van der Waals surface area contributed by atoms with Crippen molar-refractivity contribution in [2.75, 3.05) is 24.6 Å². The number of hydrogen-bond donors (Lipinski definition) is 2. The lowest BCUT2D eigenvalue weighted by atomic mass is 10.1. The van der Waals surface area contributed by atoms with Crippen LogP contribution in [0, 0.1) is 0 Å². The molecule has 0 aliphatic carbocycles. The second-order valence-electron chi connectivity index (χ2n) is 13.4. The topological polar surface area (TPSA) is 84.4 Å². The smallest absolute Gasteiger partial charge is 0.220 e. The van der Waals surface area contributed by atoms with Gasteiger partial charge in [0, 0.05) is 74.5 Å². The lowest BCUT2D eigenvalue weighted by Crippen LogP contribution is -3.00. The number of ether oxygens (including phenoxy) is 2. The van der Waals surface area contributed by atoms with E-state index >= 15 is 0 Å². The molecule has 0 fully saturated rings. The fourth-order valence-electron chi connectivity index (χ4n) is 5.31. The van der Waals surface area contributed by atoms with Gasteiger partial charge in [-0.25, -0.2) is 9.13 Å². The number of rotatable bonds is 23. The maximum absolute atomic E-state index is 12.3. The average molecular weight is 840 g/mol. The lowest BCUT2D eigenvalue weighted by molar-refractivity contribution is -0.697. The highest BCUT2D eigenvalue weighted by Crippen LogP contribution is 2.20. The average Bonchev–Trinajstić information content (AvgIpc) is 3.16. The van der Waals surface area contributed by atoms with Crippen LogP contribution in [-0.4, -0.2) is 48.6 Å². The van der Waals surface area contributed by atoms with Crippen LogP contribution in [0.25, 0.3) is 24.3 Å². The first-order valence-electron chi connectivity index (χ1n) is 18.9. The van der Waals surface area contributed by atoms with Crippen LogP contribution in [0.3, 0.4) is 0 Å². The van der Waals surface area contributed by atoms with Gasteiger partial charge in [-0.15, -0.1) is 0 Å². The molecule has 2 amide bonds. The summed E-state index contributed by atoms with van der Waals surface area (Å²) in [5.41, 5.74) is 4.49. The van der Waals surface area contributed by atoms with E-state index in [1.54, 1.807) is 21.6 Å². The fourth-order valence-corrected chi connectivity index (χ4v) is 7.12. The van der Waals surface area contributed by atoms with Crippen LogP contribution < -0.4 is 54.1 Å². The van der Waals surface area contributed by atoms with E-state index in [0.717, 1.165) is 71.2 Å². The first-order valence-corrected chi connectivity index (χ1v) is 21.4. The van der Waals surface area contributed by atoms with Crippen LogP contribution in [0.4, 0.5) is 0 Å². The van der Waals surface area contributed by atoms with Crippen molar-refractivity contribution in [3.05, 3.63) is 120 Å². The molecule has 0 aliphatic rings. The minimum atomic E-state index is 0. The standard InChI is InChI=1S/C44H54N4O4S2.2ClH/c1-35(2)51-41-17-13-37(14-18-41)9-11-39-21-29-47(30-22-39)27-5-7-43(49)45-25-33-53-54-34-26-46-44(50)8-6-28-48-31-23-40(24-32-48)12-10-38-15-19-42(20-16-38)52-36(3)4;;/h9-24,29-32,35-36H,5-8,25-28,33-34H2,1-4H3;2*1H. The van der Waals surface area contributed by atoms with Gasteiger partial charge in [-0.2, -0.15) is 0 Å². The number of carbonyl (C=O) groups is 2. The molecule has 0 saturated heterocycles. The molecule has 302 valence electrons. The van der Waals surface area contributed by atoms with Gasteiger partial charge in [-0.05, 0) is 74.2 Å². The number of benzene rings is 2. The molecule has 0 aliphatic heterocycles. The zero-order valence-electron chi connectivity index (χ0n) is 32.9. The van der Waals surface area contributed by atoms with E-state index in [1.165, 1.54) is 0 Å². The maximum atomic E-state index is 12.3. The molecule has 2 heterocycles. The number of nitrogens with zero attached hydrogens (tertiary/aromatic N) is 2. The third-order valence-corrected chi connectivity index (χ3v) is 10.4. The molecule has 0 unspecified atom stereocenters. The molecule has 4 rings (SSSR count). The third-order valence-electron chi connectivity index (χ3n) is 8.01. The summed E-state index contributed by atoms with van der Waals surface area (Å²) in [5, 5.41) is 6.03. The summed E-state index contributed by atoms with van der Waals surface area (Å²) in [6.07, 6.45) is 19.5. The number of nitrogens with one attached hydrogen (secondary N) is 2. The number of carbonyl (C=O) groups excluding carboxylic acids is 2. The Morgan fingerprint density at radius 2 is 0.875 bits per heavy atom. The first-order chi connectivity index (χ1) is 26.2. The predicted molar refractivity (Wildman–Crippen MR) is 225 cm³/mol. The van der Waals surface area contributed by atoms with E-state index in [0.29, 0.717) is 25.9 Å². The molecule has 8 nitrogen and oxygen atoms in total. The summed E-state index contributed by atoms with van der Waals surface area (Å²) < 4.78 is 15.6. The molecule has 0 saturated carbocycles. The minimum Gasteiger partial charge on any atom is -1.00 e. The summed E-state index contributed by atoms with van der Waals surface area (Å²) in [6, 6.07) is 24.5. The van der Waals surface area contributed by atoms with Crippen molar-refractivity contribution in [3.8, 4) is 11.5 Å². The monoisotopic (exact) mass is 838 g/mol. The molecule has 0 spiro atoms. The number of amides is 2. The largest absolute Gasteiger partial charge is 1.00 e. The van der Waals surface area contributed by atoms with Gasteiger partial charge >= 0.3 is 0 Å². The fraction of sp³-hybridized carbons (Fsp3) is 0.364. The van der Waals surface area contributed by atoms with Crippen molar-refractivity contribution in [1.29, 1.82) is 0 Å². The minimum absolute atomic E-state index is 0. The molecule has 0 bridgehead atoms. The predicted octanol–water partition coefficient (Wildman–Crippen LogP) is 2.06. The van der Waals surface area contributed by atoms with Crippen LogP contribution in [-0.2, 0) is 22.7 Å². The number of pyridine rings is 2. The van der Waals surface area contributed by atoms with Crippen molar-refractivity contribution in [2.24, 2.45) is 0 Å². The number of aryl methyl sites for hydroxylation is 2. The Morgan fingerprint density at radius 3 is 1.20 bits per heavy atom. The number of hydrogen-bond acceptors (Lipinski definition) is 6. The Labute approximate surface area is 354 Å². The summed E-state index contributed by atoms with van der Waals surface area (Å²) in [4.78, 5) is 24.6. The van der Waals surface area contributed by atoms with E-state index < -0.39 is 0 Å². The second-order valence-corrected chi connectivity index (χ2v) is 16.1. The lowest BCUT2D eigenvalue weighted by Gasteiger charge is -2.09. The highest BCUT2D eigenvalue weighted by molar-refractivity contribution is 8.76. The van der Waals surface area contributed by atoms with E-state index in [2.05, 4.69) is 117 Å². The van der Waals surface area contributed by atoms with Gasteiger partial charge in [-0.3, -0.25) is 9.59 Å². The second kappa shape index (κ2) is 27.6. The normalized spacial score (nSPS) is 11.0. The third kappa shape index (κ3) is 20.3. The highest BCUT2D eigenvalue weighted by Gasteiger charge is 2.07. The van der Waals surface area contributed by atoms with E-state index in [-0.39, 0.29) is 48.8 Å². The van der Waals surface area contributed by atoms with Gasteiger partial charge in [0.05, 0.1) is 12.2 Å². The van der Waals surface area contributed by atoms with Gasteiger partial charge in [0.1, 0.15) is 24.6 Å². The number of halogens is 2. The Bertz CT molecular complexity index is 1620. The molecular weight excluding hydrogens is 784 g/mol. The molecule has 12 heteroatoms. The van der Waals surface area contributed by atoms with Crippen LogP contribution in [0.2, 0.25) is 0 Å². The molecule has 0 radical (unpaired) electrons. The molecule has 2 aromatic heterocycles. The van der Waals surface area contributed by atoms with E-state index in [4.69, 9.17) is 9.47 Å². The van der Waals surface area contributed by atoms with Gasteiger partial charge in [0.15, 0.2) is 24.8 Å². The van der Waals surface area contributed by atoms with Gasteiger partial charge in [0.2, 0.25) is 11.8 Å². The summed E-state index contributed by atoms with van der Waals surface area (Å²) in [6.45, 7) is 11.0. The molecule has 4 aromatic rings. The zero-order valence-corrected chi connectivity index (χ0v) is 36.0. The van der Waals surface area contributed by atoms with Crippen LogP contribution >= 0.6 is 21.6 Å². The molecule has 2 aromatic carbocycles. The molecule has 56 heavy (non-hydrogen) atoms. The highest BCUT2D eigenvalue weighted by atomic mass is 35.5. The maximum Gasteiger partial charge on any atom is 0.220 e. The Morgan fingerprint density at radius 1 is 0.554 bits per heavy atom. The summed E-state index contributed by atoms with van der Waals surface area (Å²) in [5.74, 6) is 3.58. The van der Waals surface area contributed by atoms with Gasteiger partial charge in [0.25, 0.3) is 0 Å². The Kier molecular flexibility index (Phi) is 23.8. The van der Waals surface area contributed by atoms with Crippen LogP contribution in [0.5, 0.6) is 11.5 Å². The summed E-state index contributed by atoms with van der Waals surface area (Å²) >= 11 is 0. The van der Waals surface area contributed by atoms with Crippen molar-refractivity contribution in [1.82, 2.24) is 10.6 Å². The van der Waals surface area contributed by atoms with E-state index in [1.807, 2.05) is 52.0 Å². The van der Waals surface area contributed by atoms with Crippen molar-refractivity contribution < 1.29 is 53.0 Å². The summed E-state index contributed by atoms with van der Waals surface area (Å²) in [7, 11) is 3.43. The van der Waals surface area contributed by atoms with Crippen LogP contribution in [0.15, 0.2) is 97.6 Å². The molecular formula is C44H56Cl2N4O4S2. The zero-order chi connectivity index (χ0) is 38.4. The van der Waals surface area contributed by atoms with Crippen molar-refractivity contribution in [2.45, 2.75) is 78.7 Å².